The average Bonchev–Trinajstić information content (AvgIpc) is 2.77. The molecule has 1 unspecified atom stereocenters. The number of carbonyl (C=O) groups excluding carboxylic acids is 1. The lowest BCUT2D eigenvalue weighted by Gasteiger charge is -2.11. The molecular weight excluding hydrogens is 296 g/mol. The number of cyclic esters (lactones) is 1. The number of nitrogens with zero attached hydrogens (tertiary/aromatic N) is 1. The number of sulfonamides is 1. The van der Waals surface area contributed by atoms with Gasteiger partial charge in [-0.05, 0) is 31.2 Å². The molecule has 8 heteroatoms. The van der Waals surface area contributed by atoms with Crippen LogP contribution in [0.4, 0.5) is 4.79 Å². The summed E-state index contributed by atoms with van der Waals surface area (Å²) in [6.45, 7) is 2.79. The monoisotopic (exact) mass is 314 g/mol. The normalized spacial score (nSPS) is 18.7. The van der Waals surface area contributed by atoms with Gasteiger partial charge in [0.2, 0.25) is 10.0 Å². The van der Waals surface area contributed by atoms with Crippen LogP contribution in [0.25, 0.3) is 0 Å². The lowest BCUT2D eigenvalue weighted by molar-refractivity contribution is 0.135. The molecular formula is C13H18N2O5S. The molecule has 0 aromatic heterocycles. The fourth-order valence-electron chi connectivity index (χ4n) is 1.92. The summed E-state index contributed by atoms with van der Waals surface area (Å²) in [6, 6.07) is 6.14. The van der Waals surface area contributed by atoms with Gasteiger partial charge in [0.05, 0.1) is 18.0 Å². The molecule has 1 N–H and O–H groups in total. The van der Waals surface area contributed by atoms with Gasteiger partial charge >= 0.3 is 6.09 Å². The maximum atomic E-state index is 12.1. The van der Waals surface area contributed by atoms with Crippen LogP contribution in [0.2, 0.25) is 0 Å². The van der Waals surface area contributed by atoms with Gasteiger partial charge in [-0.2, -0.15) is 0 Å². The Morgan fingerprint density at radius 1 is 1.38 bits per heavy atom. The third kappa shape index (κ3) is 3.85. The van der Waals surface area contributed by atoms with E-state index in [0.717, 1.165) is 0 Å². The molecule has 0 bridgehead atoms. The van der Waals surface area contributed by atoms with Crippen molar-refractivity contribution in [2.45, 2.75) is 17.9 Å². The molecule has 0 aliphatic carbocycles. The molecule has 1 aliphatic rings. The summed E-state index contributed by atoms with van der Waals surface area (Å²) in [5.41, 5.74) is 0. The molecule has 1 aromatic carbocycles. The Hall–Kier alpha value is -1.80. The van der Waals surface area contributed by atoms with E-state index < -0.39 is 22.2 Å². The Morgan fingerprint density at radius 2 is 2.05 bits per heavy atom. The lowest BCUT2D eigenvalue weighted by Crippen LogP contribution is -2.34. The largest absolute Gasteiger partial charge is 0.494 e. The van der Waals surface area contributed by atoms with Gasteiger partial charge in [-0.3, -0.25) is 0 Å². The minimum atomic E-state index is -3.63. The number of likely N-dealkylation sites (N-methyl/N-ethyl adjacent to an activating group) is 1. The fourth-order valence-corrected chi connectivity index (χ4v) is 2.99. The van der Waals surface area contributed by atoms with Gasteiger partial charge in [-0.1, -0.05) is 0 Å². The molecule has 2 rings (SSSR count). The summed E-state index contributed by atoms with van der Waals surface area (Å²) in [7, 11) is -2.03. The van der Waals surface area contributed by atoms with Gasteiger partial charge in [0.1, 0.15) is 11.9 Å². The molecule has 0 spiro atoms. The molecule has 0 radical (unpaired) electrons. The number of carbonyl (C=O) groups is 1. The molecule has 21 heavy (non-hydrogen) atoms. The number of hydrogen-bond donors (Lipinski definition) is 1. The zero-order valence-electron chi connectivity index (χ0n) is 11.9. The van der Waals surface area contributed by atoms with Crippen molar-refractivity contribution in [1.82, 2.24) is 9.62 Å². The number of amides is 1. The number of nitrogens with one attached hydrogen (secondary N) is 1. The van der Waals surface area contributed by atoms with Crippen molar-refractivity contribution in [3.63, 3.8) is 0 Å². The standard InChI is InChI=1S/C13H18N2O5S/c1-3-19-10-4-6-12(7-5-10)21(17,18)14-8-11-9-15(2)13(16)20-11/h4-7,11,14H,3,8-9H2,1-2H3. The number of rotatable bonds is 6. The van der Waals surface area contributed by atoms with Crippen LogP contribution in [0.1, 0.15) is 6.92 Å². The second-order valence-corrected chi connectivity index (χ2v) is 6.41. The van der Waals surface area contributed by atoms with Crippen LogP contribution in [0.5, 0.6) is 5.75 Å². The molecule has 116 valence electrons. The Morgan fingerprint density at radius 3 is 2.57 bits per heavy atom. The van der Waals surface area contributed by atoms with Crippen molar-refractivity contribution in [2.24, 2.45) is 0 Å². The van der Waals surface area contributed by atoms with Crippen molar-refractivity contribution in [3.8, 4) is 5.75 Å². The highest BCUT2D eigenvalue weighted by Gasteiger charge is 2.29. The first-order valence-corrected chi connectivity index (χ1v) is 8.05. The van der Waals surface area contributed by atoms with Gasteiger partial charge < -0.3 is 14.4 Å². The fraction of sp³-hybridized carbons (Fsp3) is 0.462. The first-order valence-electron chi connectivity index (χ1n) is 6.56. The average molecular weight is 314 g/mol. The van der Waals surface area contributed by atoms with Crippen LogP contribution in [0, 0.1) is 0 Å². The molecule has 1 amide bonds. The zero-order valence-corrected chi connectivity index (χ0v) is 12.7. The number of ether oxygens (including phenoxy) is 2. The van der Waals surface area contributed by atoms with Gasteiger partial charge in [0.25, 0.3) is 0 Å². The highest BCUT2D eigenvalue weighted by Crippen LogP contribution is 2.16. The van der Waals surface area contributed by atoms with Crippen LogP contribution < -0.4 is 9.46 Å². The van der Waals surface area contributed by atoms with Crippen LogP contribution >= 0.6 is 0 Å². The quantitative estimate of drug-likeness (QED) is 0.840. The summed E-state index contributed by atoms with van der Waals surface area (Å²) in [5.74, 6) is 0.614. The third-order valence-electron chi connectivity index (χ3n) is 3.00. The van der Waals surface area contributed by atoms with Gasteiger partial charge in [0, 0.05) is 13.6 Å². The molecule has 1 atom stereocenters. The van der Waals surface area contributed by atoms with Crippen molar-refractivity contribution >= 4 is 16.1 Å². The smallest absolute Gasteiger partial charge is 0.410 e. The Kier molecular flexibility index (Phi) is 4.69. The highest BCUT2D eigenvalue weighted by molar-refractivity contribution is 7.89. The van der Waals surface area contributed by atoms with Crippen LogP contribution in [0.15, 0.2) is 29.2 Å². The zero-order chi connectivity index (χ0) is 15.5. The van der Waals surface area contributed by atoms with E-state index in [0.29, 0.717) is 18.9 Å². The van der Waals surface area contributed by atoms with Crippen molar-refractivity contribution in [1.29, 1.82) is 0 Å². The third-order valence-corrected chi connectivity index (χ3v) is 4.44. The van der Waals surface area contributed by atoms with Crippen molar-refractivity contribution < 1.29 is 22.7 Å². The van der Waals surface area contributed by atoms with Gasteiger partial charge in [-0.15, -0.1) is 0 Å². The van der Waals surface area contributed by atoms with E-state index in [1.165, 1.54) is 17.0 Å². The predicted molar refractivity (Wildman–Crippen MR) is 75.7 cm³/mol. The summed E-state index contributed by atoms with van der Waals surface area (Å²) in [5, 5.41) is 0. The van der Waals surface area contributed by atoms with Crippen LogP contribution in [-0.4, -0.2) is 52.3 Å². The second kappa shape index (κ2) is 6.31. The van der Waals surface area contributed by atoms with Gasteiger partial charge in [0.15, 0.2) is 0 Å². The summed E-state index contributed by atoms with van der Waals surface area (Å²) < 4.78 is 36.9. The van der Waals surface area contributed by atoms with Crippen LogP contribution in [0.3, 0.4) is 0 Å². The van der Waals surface area contributed by atoms with E-state index >= 15 is 0 Å². The van der Waals surface area contributed by atoms with E-state index in [9.17, 15) is 13.2 Å². The molecule has 1 fully saturated rings. The Bertz CT molecular complexity index is 599. The van der Waals surface area contributed by atoms with E-state index in [4.69, 9.17) is 9.47 Å². The van der Waals surface area contributed by atoms with E-state index in [-0.39, 0.29) is 11.4 Å². The molecule has 7 nitrogen and oxygen atoms in total. The summed E-state index contributed by atoms with van der Waals surface area (Å²) in [6.07, 6.45) is -0.916. The Balaban J connectivity index is 1.97. The minimum Gasteiger partial charge on any atom is -0.494 e. The second-order valence-electron chi connectivity index (χ2n) is 4.64. The maximum absolute atomic E-state index is 12.1. The topological polar surface area (TPSA) is 84.9 Å². The minimum absolute atomic E-state index is 0.0472. The first kappa shape index (κ1) is 15.6. The predicted octanol–water partition coefficient (Wildman–Crippen LogP) is 0.814. The van der Waals surface area contributed by atoms with Crippen LogP contribution in [-0.2, 0) is 14.8 Å². The van der Waals surface area contributed by atoms with Crippen molar-refractivity contribution in [2.75, 3.05) is 26.7 Å². The number of benzene rings is 1. The lowest BCUT2D eigenvalue weighted by atomic mass is 10.3. The number of hydrogen-bond acceptors (Lipinski definition) is 5. The summed E-state index contributed by atoms with van der Waals surface area (Å²) in [4.78, 5) is 12.7. The SMILES string of the molecule is CCOc1ccc(S(=O)(=O)NCC2CN(C)C(=O)O2)cc1. The first-order chi connectivity index (χ1) is 9.92. The molecule has 1 aliphatic heterocycles. The Labute approximate surface area is 123 Å². The maximum Gasteiger partial charge on any atom is 0.410 e. The van der Waals surface area contributed by atoms with E-state index in [1.807, 2.05) is 6.92 Å². The molecule has 1 heterocycles. The summed E-state index contributed by atoms with van der Waals surface area (Å²) >= 11 is 0. The molecule has 0 saturated carbocycles. The van der Waals surface area contributed by atoms with E-state index in [2.05, 4.69) is 4.72 Å². The highest BCUT2D eigenvalue weighted by atomic mass is 32.2. The van der Waals surface area contributed by atoms with Gasteiger partial charge in [-0.25, -0.2) is 17.9 Å². The van der Waals surface area contributed by atoms with Crippen molar-refractivity contribution in [3.05, 3.63) is 24.3 Å². The molecule has 1 saturated heterocycles. The molecule has 1 aromatic rings. The van der Waals surface area contributed by atoms with E-state index in [1.54, 1.807) is 19.2 Å².